The van der Waals surface area contributed by atoms with Crippen molar-refractivity contribution < 1.29 is 27.1 Å². The summed E-state index contributed by atoms with van der Waals surface area (Å²) in [5, 5.41) is 4.53. The summed E-state index contributed by atoms with van der Waals surface area (Å²) in [6.45, 7) is 0.250. The summed E-state index contributed by atoms with van der Waals surface area (Å²) < 4.78 is 47.3. The number of rotatable bonds is 7. The molecule has 0 fully saturated rings. The first-order chi connectivity index (χ1) is 13.3. The van der Waals surface area contributed by atoms with Gasteiger partial charge in [0.25, 0.3) is 0 Å². The van der Waals surface area contributed by atoms with Crippen molar-refractivity contribution in [3.8, 4) is 16.6 Å². The predicted octanol–water partition coefficient (Wildman–Crippen LogP) is 3.91. The monoisotopic (exact) mass is 411 g/mol. The molecular formula is C18H16F3N3O3S. The zero-order valence-electron chi connectivity index (χ0n) is 14.7. The maximum absolute atomic E-state index is 12.3. The van der Waals surface area contributed by atoms with Crippen molar-refractivity contribution in [2.45, 2.75) is 26.1 Å². The Kier molecular flexibility index (Phi) is 5.98. The molecule has 0 saturated carbocycles. The molecule has 10 heteroatoms. The zero-order valence-corrected chi connectivity index (χ0v) is 15.6. The molecule has 3 aromatic heterocycles. The molecule has 0 aliphatic heterocycles. The van der Waals surface area contributed by atoms with Crippen LogP contribution < -0.4 is 10.1 Å². The van der Waals surface area contributed by atoms with Crippen LogP contribution in [0.25, 0.3) is 10.8 Å². The average molecular weight is 411 g/mol. The lowest BCUT2D eigenvalue weighted by atomic mass is 10.2. The van der Waals surface area contributed by atoms with Crippen molar-refractivity contribution in [1.29, 1.82) is 0 Å². The highest BCUT2D eigenvalue weighted by molar-refractivity contribution is 7.13. The number of thiophene rings is 1. The topological polar surface area (TPSA) is 77.3 Å². The molecule has 0 radical (unpaired) electrons. The highest BCUT2D eigenvalue weighted by Gasteiger charge is 2.29. The lowest BCUT2D eigenvalue weighted by Gasteiger charge is -2.12. The number of aromatic nitrogens is 2. The van der Waals surface area contributed by atoms with E-state index in [-0.39, 0.29) is 24.8 Å². The van der Waals surface area contributed by atoms with Gasteiger partial charge < -0.3 is 14.5 Å². The van der Waals surface area contributed by atoms with Crippen LogP contribution in [0.15, 0.2) is 40.3 Å². The van der Waals surface area contributed by atoms with Crippen molar-refractivity contribution >= 4 is 17.2 Å². The first-order valence-electron chi connectivity index (χ1n) is 8.22. The minimum atomic E-state index is -4.47. The second-order valence-electron chi connectivity index (χ2n) is 5.82. The molecular weight excluding hydrogens is 395 g/mol. The SMILES string of the molecule is Cc1oc(-c2cccs2)nc1CC(=O)NCc1cccnc1OCC(F)(F)F. The number of oxazole rings is 1. The first-order valence-corrected chi connectivity index (χ1v) is 9.10. The van der Waals surface area contributed by atoms with Crippen LogP contribution in [0.5, 0.6) is 5.88 Å². The molecule has 1 N–H and O–H groups in total. The van der Waals surface area contributed by atoms with Gasteiger partial charge in [0.15, 0.2) is 6.61 Å². The van der Waals surface area contributed by atoms with E-state index in [2.05, 4.69) is 15.3 Å². The lowest BCUT2D eigenvalue weighted by molar-refractivity contribution is -0.154. The Morgan fingerprint density at radius 1 is 1.32 bits per heavy atom. The van der Waals surface area contributed by atoms with Crippen LogP contribution in [0.4, 0.5) is 13.2 Å². The highest BCUT2D eigenvalue weighted by Crippen LogP contribution is 2.26. The van der Waals surface area contributed by atoms with Crippen LogP contribution >= 0.6 is 11.3 Å². The van der Waals surface area contributed by atoms with Crippen molar-refractivity contribution in [2.24, 2.45) is 0 Å². The van der Waals surface area contributed by atoms with Gasteiger partial charge in [-0.25, -0.2) is 9.97 Å². The minimum Gasteiger partial charge on any atom is -0.468 e. The molecule has 6 nitrogen and oxygen atoms in total. The van der Waals surface area contributed by atoms with Gasteiger partial charge in [-0.2, -0.15) is 13.2 Å². The van der Waals surface area contributed by atoms with Crippen molar-refractivity contribution in [3.05, 3.63) is 52.9 Å². The first kappa shape index (κ1) is 19.9. The summed E-state index contributed by atoms with van der Waals surface area (Å²) in [6, 6.07) is 6.83. The van der Waals surface area contributed by atoms with Crippen molar-refractivity contribution in [2.75, 3.05) is 6.61 Å². The summed E-state index contributed by atoms with van der Waals surface area (Å²) in [4.78, 5) is 21.2. The van der Waals surface area contributed by atoms with E-state index in [9.17, 15) is 18.0 Å². The summed E-state index contributed by atoms with van der Waals surface area (Å²) in [5.74, 6) is 0.469. The fourth-order valence-corrected chi connectivity index (χ4v) is 2.99. The molecule has 0 atom stereocenters. The largest absolute Gasteiger partial charge is 0.468 e. The van der Waals surface area contributed by atoms with Gasteiger partial charge in [0.1, 0.15) is 5.76 Å². The van der Waals surface area contributed by atoms with Crippen LogP contribution in [-0.4, -0.2) is 28.7 Å². The molecule has 28 heavy (non-hydrogen) atoms. The number of ether oxygens (including phenoxy) is 1. The number of halogens is 3. The van der Waals surface area contributed by atoms with E-state index in [0.29, 0.717) is 22.9 Å². The second-order valence-corrected chi connectivity index (χ2v) is 6.77. The third-order valence-electron chi connectivity index (χ3n) is 3.65. The summed E-state index contributed by atoms with van der Waals surface area (Å²) in [6.07, 6.45) is -3.16. The number of hydrogen-bond donors (Lipinski definition) is 1. The van der Waals surface area contributed by atoms with Gasteiger partial charge >= 0.3 is 6.18 Å². The van der Waals surface area contributed by atoms with Crippen LogP contribution in [0.1, 0.15) is 17.0 Å². The minimum absolute atomic E-state index is 0.0142. The number of nitrogens with one attached hydrogen (secondary N) is 1. The van der Waals surface area contributed by atoms with Gasteiger partial charge in [0.2, 0.25) is 17.7 Å². The second kappa shape index (κ2) is 8.42. The number of hydrogen-bond acceptors (Lipinski definition) is 6. The Morgan fingerprint density at radius 3 is 2.86 bits per heavy atom. The number of amides is 1. The van der Waals surface area contributed by atoms with Crippen LogP contribution in [0, 0.1) is 6.92 Å². The number of carbonyl (C=O) groups excluding carboxylic acids is 1. The van der Waals surface area contributed by atoms with Gasteiger partial charge in [-0.15, -0.1) is 11.3 Å². The number of nitrogens with zero attached hydrogens (tertiary/aromatic N) is 2. The fourth-order valence-electron chi connectivity index (χ4n) is 2.34. The Hall–Kier alpha value is -2.88. The van der Waals surface area contributed by atoms with Gasteiger partial charge in [-0.1, -0.05) is 12.1 Å². The molecule has 0 saturated heterocycles. The molecule has 0 aliphatic rings. The number of pyridine rings is 1. The normalized spacial score (nSPS) is 11.4. The Morgan fingerprint density at radius 2 is 2.14 bits per heavy atom. The van der Waals surface area contributed by atoms with Gasteiger partial charge in [-0.05, 0) is 24.4 Å². The van der Waals surface area contributed by atoms with E-state index in [4.69, 9.17) is 9.15 Å². The molecule has 0 spiro atoms. The molecule has 0 unspecified atom stereocenters. The van der Waals surface area contributed by atoms with E-state index < -0.39 is 12.8 Å². The molecule has 148 valence electrons. The Bertz CT molecular complexity index is 939. The third kappa shape index (κ3) is 5.32. The van der Waals surface area contributed by atoms with E-state index in [1.807, 2.05) is 17.5 Å². The highest BCUT2D eigenvalue weighted by atomic mass is 32.1. The van der Waals surface area contributed by atoms with Crippen LogP contribution in [0.2, 0.25) is 0 Å². The zero-order chi connectivity index (χ0) is 20.1. The van der Waals surface area contributed by atoms with Crippen LogP contribution in [0.3, 0.4) is 0 Å². The van der Waals surface area contributed by atoms with E-state index in [1.54, 1.807) is 13.0 Å². The van der Waals surface area contributed by atoms with E-state index in [0.717, 1.165) is 4.88 Å². The lowest BCUT2D eigenvalue weighted by Crippen LogP contribution is -2.26. The van der Waals surface area contributed by atoms with Crippen molar-refractivity contribution in [1.82, 2.24) is 15.3 Å². The predicted molar refractivity (Wildman–Crippen MR) is 95.9 cm³/mol. The maximum atomic E-state index is 12.3. The smallest absolute Gasteiger partial charge is 0.422 e. The summed E-state index contributed by atoms with van der Waals surface area (Å²) >= 11 is 1.47. The van der Waals surface area contributed by atoms with Gasteiger partial charge in [0, 0.05) is 18.3 Å². The van der Waals surface area contributed by atoms with Crippen molar-refractivity contribution in [3.63, 3.8) is 0 Å². The summed E-state index contributed by atoms with van der Waals surface area (Å²) in [5.41, 5.74) is 0.844. The molecule has 3 rings (SSSR count). The standard InChI is InChI=1S/C18H16F3N3O3S/c1-11-13(24-17(27-11)14-5-3-7-28-14)8-15(25)23-9-12-4-2-6-22-16(12)26-10-18(19,20)21/h2-7H,8-10H2,1H3,(H,23,25). The van der Waals surface area contributed by atoms with Gasteiger partial charge in [-0.3, -0.25) is 4.79 Å². The van der Waals surface area contributed by atoms with E-state index in [1.165, 1.54) is 23.6 Å². The van der Waals surface area contributed by atoms with E-state index >= 15 is 0 Å². The van der Waals surface area contributed by atoms with Gasteiger partial charge in [0.05, 0.1) is 17.0 Å². The number of alkyl halides is 3. The fraction of sp³-hybridized carbons (Fsp3) is 0.278. The molecule has 3 aromatic rings. The Balaban J connectivity index is 1.59. The molecule has 3 heterocycles. The maximum Gasteiger partial charge on any atom is 0.422 e. The average Bonchev–Trinajstić information content (AvgIpc) is 3.29. The molecule has 0 bridgehead atoms. The Labute approximate surface area is 162 Å². The third-order valence-corrected chi connectivity index (χ3v) is 4.51. The molecule has 0 aliphatic carbocycles. The van der Waals surface area contributed by atoms with Crippen LogP contribution in [-0.2, 0) is 17.8 Å². The molecule has 1 amide bonds. The molecule has 0 aromatic carbocycles. The number of aryl methyl sites for hydroxylation is 1. The summed E-state index contributed by atoms with van der Waals surface area (Å²) in [7, 11) is 0. The number of carbonyl (C=O) groups is 1. The quantitative estimate of drug-likeness (QED) is 0.638.